The van der Waals surface area contributed by atoms with Gasteiger partial charge in [-0.25, -0.2) is 4.79 Å². The first-order valence-electron chi connectivity index (χ1n) is 10.3. The lowest BCUT2D eigenvalue weighted by Gasteiger charge is -2.40. The van der Waals surface area contributed by atoms with Crippen LogP contribution in [0.4, 0.5) is 4.79 Å². The van der Waals surface area contributed by atoms with Crippen molar-refractivity contribution in [3.63, 3.8) is 0 Å². The van der Waals surface area contributed by atoms with Gasteiger partial charge < -0.3 is 15.0 Å². The third-order valence-corrected chi connectivity index (χ3v) is 5.60. The largest absolute Gasteiger partial charge is 0.378 e. The van der Waals surface area contributed by atoms with Crippen LogP contribution in [0.5, 0.6) is 0 Å². The Hall–Kier alpha value is -1.55. The van der Waals surface area contributed by atoms with E-state index in [1.165, 1.54) is 31.2 Å². The number of carbonyl (C=O) groups excluding carboxylic acids is 1. The summed E-state index contributed by atoms with van der Waals surface area (Å²) in [6, 6.07) is 10.6. The lowest BCUT2D eigenvalue weighted by molar-refractivity contribution is 0.0499. The molecular formula is C22H36N2O2. The van der Waals surface area contributed by atoms with E-state index in [9.17, 15) is 4.79 Å². The maximum absolute atomic E-state index is 12.9. The van der Waals surface area contributed by atoms with Crippen molar-refractivity contribution in [2.75, 3.05) is 26.3 Å². The van der Waals surface area contributed by atoms with E-state index in [0.29, 0.717) is 26.3 Å². The maximum Gasteiger partial charge on any atom is 0.318 e. The van der Waals surface area contributed by atoms with Gasteiger partial charge in [0.15, 0.2) is 0 Å². The first-order chi connectivity index (χ1) is 12.6. The van der Waals surface area contributed by atoms with Gasteiger partial charge in [0.25, 0.3) is 0 Å². The molecule has 0 aromatic heterocycles. The minimum atomic E-state index is 0.0390. The molecule has 0 unspecified atom stereocenters. The van der Waals surface area contributed by atoms with Gasteiger partial charge in [-0.15, -0.1) is 0 Å². The van der Waals surface area contributed by atoms with Gasteiger partial charge in [-0.2, -0.15) is 0 Å². The quantitative estimate of drug-likeness (QED) is 0.661. The summed E-state index contributed by atoms with van der Waals surface area (Å²) in [5.74, 6) is 0. The normalized spacial score (nSPS) is 16.3. The summed E-state index contributed by atoms with van der Waals surface area (Å²) in [5, 5.41) is 3.39. The summed E-state index contributed by atoms with van der Waals surface area (Å²) in [7, 11) is 0. The van der Waals surface area contributed by atoms with E-state index in [-0.39, 0.29) is 17.5 Å². The van der Waals surface area contributed by atoms with Crippen LogP contribution >= 0.6 is 0 Å². The number of morpholine rings is 1. The Labute approximate surface area is 159 Å². The molecule has 1 aliphatic heterocycles. The van der Waals surface area contributed by atoms with E-state index < -0.39 is 0 Å². The van der Waals surface area contributed by atoms with Crippen LogP contribution in [0.15, 0.2) is 30.3 Å². The number of nitrogens with zero attached hydrogens (tertiary/aromatic N) is 1. The molecule has 146 valence electrons. The Bertz CT molecular complexity index is 518. The molecule has 1 aromatic rings. The van der Waals surface area contributed by atoms with Crippen molar-refractivity contribution in [3.05, 3.63) is 35.9 Å². The number of benzene rings is 1. The third kappa shape index (κ3) is 5.73. The molecule has 1 saturated heterocycles. The first-order valence-corrected chi connectivity index (χ1v) is 10.3. The SMILES string of the molecule is CCCCC(C)(CCCC)[C@H](NC(=O)N1CCOCC1)c1ccccc1. The zero-order chi connectivity index (χ0) is 18.8. The monoisotopic (exact) mass is 360 g/mol. The van der Waals surface area contributed by atoms with Crippen LogP contribution in [0.2, 0.25) is 0 Å². The molecule has 0 saturated carbocycles. The van der Waals surface area contributed by atoms with Crippen LogP contribution in [0, 0.1) is 5.41 Å². The molecule has 0 aliphatic carbocycles. The second-order valence-electron chi connectivity index (χ2n) is 7.75. The molecule has 2 rings (SSSR count). The average Bonchev–Trinajstić information content (AvgIpc) is 2.70. The number of carbonyl (C=O) groups is 1. The fourth-order valence-electron chi connectivity index (χ4n) is 3.86. The van der Waals surface area contributed by atoms with Crippen LogP contribution in [0.3, 0.4) is 0 Å². The lowest BCUT2D eigenvalue weighted by atomic mass is 9.71. The Morgan fingerprint density at radius 3 is 2.23 bits per heavy atom. The van der Waals surface area contributed by atoms with Crippen molar-refractivity contribution >= 4 is 6.03 Å². The Morgan fingerprint density at radius 1 is 1.12 bits per heavy atom. The number of nitrogens with one attached hydrogen (secondary N) is 1. The Balaban J connectivity index is 2.24. The fraction of sp³-hybridized carbons (Fsp3) is 0.682. The molecule has 1 aromatic carbocycles. The van der Waals surface area contributed by atoms with E-state index in [4.69, 9.17) is 4.74 Å². The van der Waals surface area contributed by atoms with Gasteiger partial charge >= 0.3 is 6.03 Å². The summed E-state index contributed by atoms with van der Waals surface area (Å²) in [5.41, 5.74) is 1.28. The summed E-state index contributed by atoms with van der Waals surface area (Å²) < 4.78 is 5.39. The highest BCUT2D eigenvalue weighted by Crippen LogP contribution is 2.42. The number of unbranched alkanes of at least 4 members (excludes halogenated alkanes) is 2. The molecule has 0 spiro atoms. The van der Waals surface area contributed by atoms with Gasteiger partial charge in [-0.3, -0.25) is 0 Å². The third-order valence-electron chi connectivity index (χ3n) is 5.60. The van der Waals surface area contributed by atoms with E-state index in [0.717, 1.165) is 12.8 Å². The summed E-state index contributed by atoms with van der Waals surface area (Å²) in [6.07, 6.45) is 7.01. The van der Waals surface area contributed by atoms with Crippen LogP contribution in [0.1, 0.15) is 70.9 Å². The van der Waals surface area contributed by atoms with Gasteiger partial charge in [-0.05, 0) is 23.8 Å². The van der Waals surface area contributed by atoms with E-state index in [1.54, 1.807) is 0 Å². The lowest BCUT2D eigenvalue weighted by Crippen LogP contribution is -2.50. The zero-order valence-electron chi connectivity index (χ0n) is 16.8. The molecule has 4 nitrogen and oxygen atoms in total. The topological polar surface area (TPSA) is 41.6 Å². The highest BCUT2D eigenvalue weighted by molar-refractivity contribution is 5.75. The van der Waals surface area contributed by atoms with Crippen molar-refractivity contribution in [2.45, 2.75) is 65.3 Å². The molecule has 2 amide bonds. The minimum Gasteiger partial charge on any atom is -0.378 e. The summed E-state index contributed by atoms with van der Waals surface area (Å²) in [6.45, 7) is 9.45. The van der Waals surface area contributed by atoms with E-state index in [2.05, 4.69) is 50.4 Å². The molecule has 1 heterocycles. The van der Waals surface area contributed by atoms with Crippen LogP contribution in [-0.4, -0.2) is 37.2 Å². The van der Waals surface area contributed by atoms with Crippen LogP contribution in [-0.2, 0) is 4.74 Å². The van der Waals surface area contributed by atoms with E-state index in [1.807, 2.05) is 11.0 Å². The molecule has 1 N–H and O–H groups in total. The van der Waals surface area contributed by atoms with Gasteiger partial charge in [0, 0.05) is 13.1 Å². The number of rotatable bonds is 9. The van der Waals surface area contributed by atoms with Crippen molar-refractivity contribution in [2.24, 2.45) is 5.41 Å². The molecule has 26 heavy (non-hydrogen) atoms. The van der Waals surface area contributed by atoms with Crippen molar-refractivity contribution in [1.29, 1.82) is 0 Å². The Morgan fingerprint density at radius 2 is 1.69 bits per heavy atom. The number of hydrogen-bond acceptors (Lipinski definition) is 2. The standard InChI is InChI=1S/C22H36N2O2/c1-4-6-13-22(3,14-7-5-2)20(19-11-9-8-10-12-19)23-21(25)24-15-17-26-18-16-24/h8-12,20H,4-7,13-18H2,1-3H3,(H,23,25)/t20-/m1/s1. The molecule has 0 bridgehead atoms. The van der Waals surface area contributed by atoms with Crippen LogP contribution in [0.25, 0.3) is 0 Å². The average molecular weight is 361 g/mol. The Kier molecular flexibility index (Phi) is 8.43. The maximum atomic E-state index is 12.9. The predicted octanol–water partition coefficient (Wildman–Crippen LogP) is 5.16. The van der Waals surface area contributed by atoms with Crippen molar-refractivity contribution < 1.29 is 9.53 Å². The number of ether oxygens (including phenoxy) is 1. The van der Waals surface area contributed by atoms with Crippen LogP contribution < -0.4 is 5.32 Å². The molecular weight excluding hydrogens is 324 g/mol. The number of hydrogen-bond donors (Lipinski definition) is 1. The van der Waals surface area contributed by atoms with Gasteiger partial charge in [0.1, 0.15) is 0 Å². The zero-order valence-corrected chi connectivity index (χ0v) is 16.8. The highest BCUT2D eigenvalue weighted by atomic mass is 16.5. The predicted molar refractivity (Wildman–Crippen MR) is 107 cm³/mol. The molecule has 1 atom stereocenters. The summed E-state index contributed by atoms with van der Waals surface area (Å²) in [4.78, 5) is 14.8. The van der Waals surface area contributed by atoms with Gasteiger partial charge in [0.05, 0.1) is 19.3 Å². The van der Waals surface area contributed by atoms with E-state index >= 15 is 0 Å². The van der Waals surface area contributed by atoms with Gasteiger partial charge in [-0.1, -0.05) is 76.8 Å². The minimum absolute atomic E-state index is 0.0390. The smallest absolute Gasteiger partial charge is 0.318 e. The summed E-state index contributed by atoms with van der Waals surface area (Å²) >= 11 is 0. The van der Waals surface area contributed by atoms with Crippen molar-refractivity contribution in [3.8, 4) is 0 Å². The first kappa shape index (κ1) is 20.8. The highest BCUT2D eigenvalue weighted by Gasteiger charge is 2.36. The second kappa shape index (κ2) is 10.6. The number of urea groups is 1. The molecule has 0 radical (unpaired) electrons. The van der Waals surface area contributed by atoms with Gasteiger partial charge in [0.2, 0.25) is 0 Å². The fourth-order valence-corrected chi connectivity index (χ4v) is 3.86. The van der Waals surface area contributed by atoms with Crippen molar-refractivity contribution in [1.82, 2.24) is 10.2 Å². The molecule has 4 heteroatoms. The molecule has 1 aliphatic rings. The second-order valence-corrected chi connectivity index (χ2v) is 7.75. The molecule has 1 fully saturated rings. The number of amides is 2.